The van der Waals surface area contributed by atoms with E-state index >= 15 is 0 Å². The maximum atomic E-state index is 11.9. The SMILES string of the molecule is Nc1ncc(C(=O)NC2CCS(=O)CC2)cc1Cl. The molecule has 18 heavy (non-hydrogen) atoms. The Bertz CT molecular complexity index is 485. The molecule has 7 heteroatoms. The topological polar surface area (TPSA) is 85.1 Å². The van der Waals surface area contributed by atoms with Crippen LogP contribution in [0.2, 0.25) is 5.02 Å². The number of aromatic nitrogens is 1. The number of pyridine rings is 1. The van der Waals surface area contributed by atoms with Crippen molar-refractivity contribution in [3.8, 4) is 0 Å². The highest BCUT2D eigenvalue weighted by Gasteiger charge is 2.20. The van der Waals surface area contributed by atoms with E-state index in [0.717, 1.165) is 12.8 Å². The molecule has 1 fully saturated rings. The smallest absolute Gasteiger partial charge is 0.253 e. The number of nitrogens with zero attached hydrogens (tertiary/aromatic N) is 1. The number of halogens is 1. The summed E-state index contributed by atoms with van der Waals surface area (Å²) in [6, 6.07) is 1.58. The predicted molar refractivity (Wildman–Crippen MR) is 72.0 cm³/mol. The molecule has 1 aliphatic rings. The van der Waals surface area contributed by atoms with Crippen LogP contribution in [0.25, 0.3) is 0 Å². The summed E-state index contributed by atoms with van der Waals surface area (Å²) in [7, 11) is -0.728. The Morgan fingerprint density at radius 2 is 2.17 bits per heavy atom. The van der Waals surface area contributed by atoms with Gasteiger partial charge in [0.25, 0.3) is 5.91 Å². The van der Waals surface area contributed by atoms with E-state index < -0.39 is 10.8 Å². The van der Waals surface area contributed by atoms with Gasteiger partial charge >= 0.3 is 0 Å². The van der Waals surface area contributed by atoms with Gasteiger partial charge in [-0.1, -0.05) is 11.6 Å². The van der Waals surface area contributed by atoms with Gasteiger partial charge in [0.2, 0.25) is 0 Å². The van der Waals surface area contributed by atoms with Crippen molar-refractivity contribution < 1.29 is 9.00 Å². The molecule has 1 aromatic heterocycles. The molecule has 1 aliphatic heterocycles. The van der Waals surface area contributed by atoms with Crippen LogP contribution in [0.5, 0.6) is 0 Å². The molecular formula is C11H14ClN3O2S. The van der Waals surface area contributed by atoms with E-state index in [0.29, 0.717) is 17.1 Å². The van der Waals surface area contributed by atoms with Crippen molar-refractivity contribution in [1.29, 1.82) is 0 Å². The average molecular weight is 288 g/mol. The van der Waals surface area contributed by atoms with Gasteiger partial charge in [-0.25, -0.2) is 4.98 Å². The molecule has 2 rings (SSSR count). The summed E-state index contributed by atoms with van der Waals surface area (Å²) >= 11 is 5.81. The molecule has 1 saturated heterocycles. The van der Waals surface area contributed by atoms with Gasteiger partial charge in [0.1, 0.15) is 5.82 Å². The summed E-state index contributed by atoms with van der Waals surface area (Å²) in [4.78, 5) is 15.8. The van der Waals surface area contributed by atoms with Crippen LogP contribution in [0.3, 0.4) is 0 Å². The van der Waals surface area contributed by atoms with Crippen molar-refractivity contribution in [1.82, 2.24) is 10.3 Å². The zero-order valence-corrected chi connectivity index (χ0v) is 11.3. The number of nitrogens with two attached hydrogens (primary N) is 1. The zero-order chi connectivity index (χ0) is 13.1. The first kappa shape index (κ1) is 13.3. The van der Waals surface area contributed by atoms with Gasteiger partial charge in [-0.3, -0.25) is 9.00 Å². The first-order chi connectivity index (χ1) is 8.56. The van der Waals surface area contributed by atoms with Crippen LogP contribution in [-0.2, 0) is 10.8 Å². The average Bonchev–Trinajstić information content (AvgIpc) is 2.35. The fourth-order valence-corrected chi connectivity index (χ4v) is 3.24. The van der Waals surface area contributed by atoms with Crippen molar-refractivity contribution >= 4 is 34.1 Å². The summed E-state index contributed by atoms with van der Waals surface area (Å²) in [6.45, 7) is 0. The second kappa shape index (κ2) is 5.67. The summed E-state index contributed by atoms with van der Waals surface area (Å²) < 4.78 is 11.2. The minimum Gasteiger partial charge on any atom is -0.382 e. The first-order valence-corrected chi connectivity index (χ1v) is 7.49. The predicted octanol–water partition coefficient (Wildman–Crippen LogP) is 0.958. The number of hydrogen-bond acceptors (Lipinski definition) is 4. The van der Waals surface area contributed by atoms with Gasteiger partial charge in [-0.15, -0.1) is 0 Å². The largest absolute Gasteiger partial charge is 0.382 e. The number of carbonyl (C=O) groups excluding carboxylic acids is 1. The number of nitrogens with one attached hydrogen (secondary N) is 1. The molecule has 0 aromatic carbocycles. The van der Waals surface area contributed by atoms with Crippen molar-refractivity contribution in [2.75, 3.05) is 17.2 Å². The van der Waals surface area contributed by atoms with Gasteiger partial charge in [0.15, 0.2) is 0 Å². The lowest BCUT2D eigenvalue weighted by atomic mass is 10.1. The van der Waals surface area contributed by atoms with Crippen molar-refractivity contribution in [2.45, 2.75) is 18.9 Å². The molecule has 0 atom stereocenters. The van der Waals surface area contributed by atoms with Crippen LogP contribution in [0.15, 0.2) is 12.3 Å². The fraction of sp³-hybridized carbons (Fsp3) is 0.455. The van der Waals surface area contributed by atoms with E-state index in [9.17, 15) is 9.00 Å². The molecular weight excluding hydrogens is 274 g/mol. The molecule has 0 unspecified atom stereocenters. The number of carbonyl (C=O) groups is 1. The van der Waals surface area contributed by atoms with E-state index in [1.807, 2.05) is 0 Å². The van der Waals surface area contributed by atoms with Crippen molar-refractivity contribution in [3.05, 3.63) is 22.8 Å². The minimum absolute atomic E-state index is 0.0755. The molecule has 3 N–H and O–H groups in total. The molecule has 0 bridgehead atoms. The van der Waals surface area contributed by atoms with Crippen LogP contribution < -0.4 is 11.1 Å². The lowest BCUT2D eigenvalue weighted by Crippen LogP contribution is -2.39. The van der Waals surface area contributed by atoms with E-state index in [1.165, 1.54) is 12.3 Å². The van der Waals surface area contributed by atoms with Gasteiger partial charge in [0, 0.05) is 34.5 Å². The normalized spacial score (nSPS) is 23.6. The number of anilines is 1. The third-order valence-electron chi connectivity index (χ3n) is 2.86. The second-order valence-electron chi connectivity index (χ2n) is 4.19. The van der Waals surface area contributed by atoms with E-state index in [4.69, 9.17) is 17.3 Å². The monoisotopic (exact) mass is 287 g/mol. The molecule has 0 aliphatic carbocycles. The Morgan fingerprint density at radius 3 is 2.78 bits per heavy atom. The van der Waals surface area contributed by atoms with Crippen molar-refractivity contribution in [2.24, 2.45) is 0 Å². The van der Waals surface area contributed by atoms with Gasteiger partial charge in [-0.2, -0.15) is 0 Å². The summed E-state index contributed by atoms with van der Waals surface area (Å²) in [5.74, 6) is 1.28. The van der Waals surface area contributed by atoms with Crippen LogP contribution in [0, 0.1) is 0 Å². The molecule has 0 saturated carbocycles. The Balaban J connectivity index is 1.99. The third-order valence-corrected chi connectivity index (χ3v) is 4.54. The van der Waals surface area contributed by atoms with Gasteiger partial charge < -0.3 is 11.1 Å². The third kappa shape index (κ3) is 3.20. The maximum absolute atomic E-state index is 11.9. The highest BCUT2D eigenvalue weighted by molar-refractivity contribution is 7.85. The highest BCUT2D eigenvalue weighted by atomic mass is 35.5. The molecule has 0 spiro atoms. The summed E-state index contributed by atoms with van der Waals surface area (Å²) in [6.07, 6.45) is 2.89. The molecule has 1 amide bonds. The van der Waals surface area contributed by atoms with Gasteiger partial charge in [-0.05, 0) is 18.9 Å². The summed E-state index contributed by atoms with van der Waals surface area (Å²) in [5, 5.41) is 3.16. The first-order valence-electron chi connectivity index (χ1n) is 5.63. The molecule has 98 valence electrons. The minimum atomic E-state index is -0.728. The Hall–Kier alpha value is -1.14. The summed E-state index contributed by atoms with van der Waals surface area (Å²) in [5.41, 5.74) is 5.87. The number of nitrogen functional groups attached to an aromatic ring is 1. The zero-order valence-electron chi connectivity index (χ0n) is 9.69. The van der Waals surface area contributed by atoms with E-state index in [2.05, 4.69) is 10.3 Å². The fourth-order valence-electron chi connectivity index (χ4n) is 1.78. The van der Waals surface area contributed by atoms with Crippen LogP contribution >= 0.6 is 11.6 Å². The molecule has 0 radical (unpaired) electrons. The molecule has 2 heterocycles. The Morgan fingerprint density at radius 1 is 1.50 bits per heavy atom. The molecule has 1 aromatic rings. The lowest BCUT2D eigenvalue weighted by molar-refractivity contribution is 0.0934. The van der Waals surface area contributed by atoms with Crippen molar-refractivity contribution in [3.63, 3.8) is 0 Å². The maximum Gasteiger partial charge on any atom is 0.253 e. The van der Waals surface area contributed by atoms with E-state index in [1.54, 1.807) is 0 Å². The standard InChI is InChI=1S/C11H14ClN3O2S/c12-9-5-7(6-14-10(9)13)11(16)15-8-1-3-18(17)4-2-8/h5-6,8H,1-4H2,(H2,13,14)(H,15,16). The quantitative estimate of drug-likeness (QED) is 0.848. The van der Waals surface area contributed by atoms with E-state index in [-0.39, 0.29) is 22.8 Å². The van der Waals surface area contributed by atoms with Gasteiger partial charge in [0.05, 0.1) is 10.6 Å². The number of hydrogen-bond donors (Lipinski definition) is 2. The molecule has 5 nitrogen and oxygen atoms in total. The highest BCUT2D eigenvalue weighted by Crippen LogP contribution is 2.17. The van der Waals surface area contributed by atoms with Crippen LogP contribution in [0.1, 0.15) is 23.2 Å². The Kier molecular flexibility index (Phi) is 4.19. The lowest BCUT2D eigenvalue weighted by Gasteiger charge is -2.22. The number of amides is 1. The number of rotatable bonds is 2. The Labute approximate surface area is 113 Å². The van der Waals surface area contributed by atoms with Crippen LogP contribution in [-0.4, -0.2) is 32.6 Å². The van der Waals surface area contributed by atoms with Crippen LogP contribution in [0.4, 0.5) is 5.82 Å². The second-order valence-corrected chi connectivity index (χ2v) is 6.29.